The molecule has 0 saturated carbocycles. The molecule has 0 fully saturated rings. The van der Waals surface area contributed by atoms with Gasteiger partial charge in [-0.25, -0.2) is 0 Å². The van der Waals surface area contributed by atoms with Crippen molar-refractivity contribution in [2.45, 2.75) is 19.4 Å². The van der Waals surface area contributed by atoms with Crippen LogP contribution in [0.15, 0.2) is 36.5 Å². The first-order valence-corrected chi connectivity index (χ1v) is 6.41. The summed E-state index contributed by atoms with van der Waals surface area (Å²) in [5.41, 5.74) is 2.21. The molecule has 0 unspecified atom stereocenters. The van der Waals surface area contributed by atoms with Crippen LogP contribution in [0.5, 0.6) is 0 Å². The van der Waals surface area contributed by atoms with Crippen molar-refractivity contribution in [2.24, 2.45) is 0 Å². The fraction of sp³-hybridized carbons (Fsp3) is 0.333. The normalized spacial score (nSPS) is 10.6. The van der Waals surface area contributed by atoms with Gasteiger partial charge in [0.2, 0.25) is 0 Å². The maximum atomic E-state index is 11.0. The second-order valence-corrected chi connectivity index (χ2v) is 4.35. The van der Waals surface area contributed by atoms with Gasteiger partial charge >= 0.3 is 5.97 Å². The first kappa shape index (κ1) is 13.5. The van der Waals surface area contributed by atoms with Gasteiger partial charge in [0.25, 0.3) is 0 Å². The summed E-state index contributed by atoms with van der Waals surface area (Å²) in [6, 6.07) is 10.2. The zero-order chi connectivity index (χ0) is 13.5. The van der Waals surface area contributed by atoms with Gasteiger partial charge in [0.1, 0.15) is 0 Å². The average molecular weight is 258 g/mol. The lowest BCUT2D eigenvalue weighted by molar-refractivity contribution is -0.140. The SMILES string of the molecule is COC(=O)CCCNCc1cccc2cccnc12. The predicted octanol–water partition coefficient (Wildman–Crippen LogP) is 2.28. The third-order valence-corrected chi connectivity index (χ3v) is 2.99. The molecule has 1 N–H and O–H groups in total. The number of rotatable bonds is 6. The fourth-order valence-corrected chi connectivity index (χ4v) is 1.99. The highest BCUT2D eigenvalue weighted by molar-refractivity contribution is 5.81. The van der Waals surface area contributed by atoms with Gasteiger partial charge in [-0.1, -0.05) is 24.3 Å². The van der Waals surface area contributed by atoms with E-state index in [0.29, 0.717) is 6.42 Å². The highest BCUT2D eigenvalue weighted by Gasteiger charge is 2.02. The highest BCUT2D eigenvalue weighted by Crippen LogP contribution is 2.15. The molecule has 0 radical (unpaired) electrons. The molecule has 2 aromatic rings. The molecule has 100 valence electrons. The number of benzene rings is 1. The van der Waals surface area contributed by atoms with Crippen LogP contribution in [0.4, 0.5) is 0 Å². The first-order chi connectivity index (χ1) is 9.31. The molecule has 0 aliphatic rings. The molecule has 0 spiro atoms. The van der Waals surface area contributed by atoms with Crippen molar-refractivity contribution in [2.75, 3.05) is 13.7 Å². The molecular formula is C15H18N2O2. The van der Waals surface area contributed by atoms with Crippen LogP contribution in [-0.2, 0) is 16.1 Å². The van der Waals surface area contributed by atoms with Gasteiger partial charge in [-0.3, -0.25) is 9.78 Å². The molecule has 4 heteroatoms. The van der Waals surface area contributed by atoms with Gasteiger partial charge in [0.05, 0.1) is 12.6 Å². The third-order valence-electron chi connectivity index (χ3n) is 2.99. The Balaban J connectivity index is 1.86. The molecule has 19 heavy (non-hydrogen) atoms. The van der Waals surface area contributed by atoms with E-state index in [1.807, 2.05) is 18.3 Å². The summed E-state index contributed by atoms with van der Waals surface area (Å²) >= 11 is 0. The van der Waals surface area contributed by atoms with E-state index in [0.717, 1.165) is 30.4 Å². The number of nitrogens with zero attached hydrogens (tertiary/aromatic N) is 1. The van der Waals surface area contributed by atoms with Crippen molar-refractivity contribution in [1.82, 2.24) is 10.3 Å². The highest BCUT2D eigenvalue weighted by atomic mass is 16.5. The maximum absolute atomic E-state index is 11.0. The molecule has 1 aromatic heterocycles. The van der Waals surface area contributed by atoms with Crippen molar-refractivity contribution in [3.63, 3.8) is 0 Å². The Morgan fingerprint density at radius 3 is 3.00 bits per heavy atom. The molecule has 0 amide bonds. The third kappa shape index (κ3) is 3.76. The number of aromatic nitrogens is 1. The van der Waals surface area contributed by atoms with Crippen molar-refractivity contribution in [1.29, 1.82) is 0 Å². The van der Waals surface area contributed by atoms with E-state index in [1.165, 1.54) is 12.7 Å². The van der Waals surface area contributed by atoms with Crippen LogP contribution in [-0.4, -0.2) is 24.6 Å². The molecular weight excluding hydrogens is 240 g/mol. The minimum atomic E-state index is -0.159. The van der Waals surface area contributed by atoms with E-state index in [4.69, 9.17) is 0 Å². The summed E-state index contributed by atoms with van der Waals surface area (Å²) in [7, 11) is 1.41. The number of hydrogen-bond acceptors (Lipinski definition) is 4. The van der Waals surface area contributed by atoms with Crippen LogP contribution in [0.3, 0.4) is 0 Å². The number of pyridine rings is 1. The lowest BCUT2D eigenvalue weighted by atomic mass is 10.1. The zero-order valence-electron chi connectivity index (χ0n) is 11.1. The van der Waals surface area contributed by atoms with Gasteiger partial charge in [-0.15, -0.1) is 0 Å². The van der Waals surface area contributed by atoms with Crippen molar-refractivity contribution in [3.05, 3.63) is 42.1 Å². The quantitative estimate of drug-likeness (QED) is 0.638. The lowest BCUT2D eigenvalue weighted by Gasteiger charge is -2.07. The minimum absolute atomic E-state index is 0.159. The Bertz CT molecular complexity index is 549. The van der Waals surface area contributed by atoms with Crippen molar-refractivity contribution >= 4 is 16.9 Å². The molecule has 4 nitrogen and oxygen atoms in total. The van der Waals surface area contributed by atoms with E-state index >= 15 is 0 Å². The van der Waals surface area contributed by atoms with Crippen LogP contribution in [0, 0.1) is 0 Å². The number of nitrogens with one attached hydrogen (secondary N) is 1. The number of carbonyl (C=O) groups is 1. The standard InChI is InChI=1S/C15H18N2O2/c1-19-14(18)8-4-9-16-11-13-6-2-5-12-7-3-10-17-15(12)13/h2-3,5-7,10,16H,4,8-9,11H2,1H3. The number of carbonyl (C=O) groups excluding carboxylic acids is 1. The van der Waals surface area contributed by atoms with Gasteiger partial charge in [0, 0.05) is 24.5 Å². The van der Waals surface area contributed by atoms with Crippen LogP contribution in [0.25, 0.3) is 10.9 Å². The lowest BCUT2D eigenvalue weighted by Crippen LogP contribution is -2.16. The summed E-state index contributed by atoms with van der Waals surface area (Å²) in [5, 5.41) is 4.47. The monoisotopic (exact) mass is 258 g/mol. The second-order valence-electron chi connectivity index (χ2n) is 4.35. The second kappa shape index (κ2) is 6.85. The first-order valence-electron chi connectivity index (χ1n) is 6.41. The largest absolute Gasteiger partial charge is 0.469 e. The van der Waals surface area contributed by atoms with Crippen molar-refractivity contribution in [3.8, 4) is 0 Å². The smallest absolute Gasteiger partial charge is 0.305 e. The van der Waals surface area contributed by atoms with Crippen LogP contribution >= 0.6 is 0 Å². The number of methoxy groups -OCH3 is 1. The number of fused-ring (bicyclic) bond motifs is 1. The molecule has 0 bridgehead atoms. The molecule has 2 rings (SSSR count). The van der Waals surface area contributed by atoms with E-state index < -0.39 is 0 Å². The van der Waals surface area contributed by atoms with Gasteiger partial charge in [-0.2, -0.15) is 0 Å². The summed E-state index contributed by atoms with van der Waals surface area (Å²) < 4.78 is 4.60. The van der Waals surface area contributed by atoms with Crippen LogP contribution < -0.4 is 5.32 Å². The molecule has 1 aromatic carbocycles. The van der Waals surface area contributed by atoms with Crippen LogP contribution in [0.2, 0.25) is 0 Å². The summed E-state index contributed by atoms with van der Waals surface area (Å²) in [6.07, 6.45) is 3.05. The van der Waals surface area contributed by atoms with E-state index in [2.05, 4.69) is 33.2 Å². The topological polar surface area (TPSA) is 51.2 Å². The van der Waals surface area contributed by atoms with Crippen LogP contribution in [0.1, 0.15) is 18.4 Å². The average Bonchev–Trinajstić information content (AvgIpc) is 2.46. The molecule has 0 saturated heterocycles. The van der Waals surface area contributed by atoms with E-state index in [9.17, 15) is 4.79 Å². The molecule has 0 atom stereocenters. The summed E-state index contributed by atoms with van der Waals surface area (Å²) in [6.45, 7) is 1.55. The zero-order valence-corrected chi connectivity index (χ0v) is 11.1. The molecule has 0 aliphatic heterocycles. The van der Waals surface area contributed by atoms with Crippen molar-refractivity contribution < 1.29 is 9.53 Å². The predicted molar refractivity (Wildman–Crippen MR) is 74.7 cm³/mol. The Morgan fingerprint density at radius 1 is 1.32 bits per heavy atom. The Morgan fingerprint density at radius 2 is 2.16 bits per heavy atom. The van der Waals surface area contributed by atoms with E-state index in [-0.39, 0.29) is 5.97 Å². The fourth-order valence-electron chi connectivity index (χ4n) is 1.99. The van der Waals surface area contributed by atoms with Gasteiger partial charge in [-0.05, 0) is 24.6 Å². The minimum Gasteiger partial charge on any atom is -0.469 e. The summed E-state index contributed by atoms with van der Waals surface area (Å²) in [5.74, 6) is -0.159. The number of esters is 1. The Kier molecular flexibility index (Phi) is 4.86. The number of para-hydroxylation sites is 1. The number of hydrogen-bond donors (Lipinski definition) is 1. The van der Waals surface area contributed by atoms with Gasteiger partial charge < -0.3 is 10.1 Å². The van der Waals surface area contributed by atoms with Gasteiger partial charge in [0.15, 0.2) is 0 Å². The number of ether oxygens (including phenoxy) is 1. The molecule has 0 aliphatic carbocycles. The molecule has 1 heterocycles. The Labute approximate surface area is 112 Å². The Hall–Kier alpha value is -1.94. The summed E-state index contributed by atoms with van der Waals surface area (Å²) in [4.78, 5) is 15.4. The maximum Gasteiger partial charge on any atom is 0.305 e. The van der Waals surface area contributed by atoms with E-state index in [1.54, 1.807) is 0 Å².